The minimum Gasteiger partial charge on any atom is -0.489 e. The van der Waals surface area contributed by atoms with E-state index in [1.165, 1.54) is 18.2 Å². The van der Waals surface area contributed by atoms with Crippen LogP contribution in [-0.2, 0) is 22.8 Å². The molecule has 7 nitrogen and oxygen atoms in total. The average Bonchev–Trinajstić information content (AvgIpc) is 2.95. The number of imide groups is 2. The topological polar surface area (TPSA) is 84.9 Å². The van der Waals surface area contributed by atoms with Gasteiger partial charge in [0.15, 0.2) is 0 Å². The van der Waals surface area contributed by atoms with Gasteiger partial charge in [0.05, 0.1) is 5.69 Å². The number of carbonyl (C=O) groups excluding carboxylic acids is 3. The molecule has 4 aromatic carbocycles. The SMILES string of the molecule is O=C1NC(=O)N(c2ccc(OCc3ccccc3Cl)cc2)C(=O)/C1=C\c1cccc(OCc2ccc(F)cc2)c1. The number of rotatable bonds is 8. The Kier molecular flexibility index (Phi) is 7.89. The summed E-state index contributed by atoms with van der Waals surface area (Å²) in [6.45, 7) is 0.455. The maximum atomic E-state index is 13.3. The van der Waals surface area contributed by atoms with E-state index in [1.807, 2.05) is 18.2 Å². The van der Waals surface area contributed by atoms with Gasteiger partial charge in [-0.1, -0.05) is 54.1 Å². The van der Waals surface area contributed by atoms with Crippen LogP contribution >= 0.6 is 11.6 Å². The third-order valence-electron chi connectivity index (χ3n) is 6.04. The van der Waals surface area contributed by atoms with Crippen LogP contribution in [0.3, 0.4) is 0 Å². The summed E-state index contributed by atoms with van der Waals surface area (Å²) in [7, 11) is 0. The van der Waals surface area contributed by atoms with Crippen molar-refractivity contribution >= 4 is 41.2 Å². The second kappa shape index (κ2) is 11.8. The molecule has 0 spiro atoms. The average molecular weight is 557 g/mol. The fourth-order valence-electron chi connectivity index (χ4n) is 3.97. The van der Waals surface area contributed by atoms with Crippen LogP contribution in [0.1, 0.15) is 16.7 Å². The van der Waals surface area contributed by atoms with Crippen molar-refractivity contribution in [1.82, 2.24) is 5.32 Å². The Balaban J connectivity index is 1.30. The van der Waals surface area contributed by atoms with Crippen molar-refractivity contribution in [3.05, 3.63) is 130 Å². The minimum absolute atomic E-state index is 0.208. The summed E-state index contributed by atoms with van der Waals surface area (Å²) < 4.78 is 24.7. The number of benzene rings is 4. The van der Waals surface area contributed by atoms with E-state index in [4.69, 9.17) is 21.1 Å². The van der Waals surface area contributed by atoms with Gasteiger partial charge in [0.2, 0.25) is 0 Å². The van der Waals surface area contributed by atoms with E-state index in [0.717, 1.165) is 16.0 Å². The maximum absolute atomic E-state index is 13.3. The number of urea groups is 1. The number of amides is 4. The van der Waals surface area contributed by atoms with Gasteiger partial charge in [0.25, 0.3) is 11.8 Å². The molecule has 9 heteroatoms. The second-order valence-electron chi connectivity index (χ2n) is 8.82. The van der Waals surface area contributed by atoms with Crippen LogP contribution in [0, 0.1) is 5.82 Å². The number of barbiturate groups is 1. The van der Waals surface area contributed by atoms with Gasteiger partial charge < -0.3 is 9.47 Å². The lowest BCUT2D eigenvalue weighted by Crippen LogP contribution is -2.54. The molecule has 1 fully saturated rings. The largest absolute Gasteiger partial charge is 0.489 e. The number of anilines is 1. The lowest BCUT2D eigenvalue weighted by Gasteiger charge is -2.26. The molecule has 0 aromatic heterocycles. The Morgan fingerprint density at radius 1 is 0.800 bits per heavy atom. The summed E-state index contributed by atoms with van der Waals surface area (Å²) in [5.41, 5.74) is 2.17. The maximum Gasteiger partial charge on any atom is 0.335 e. The summed E-state index contributed by atoms with van der Waals surface area (Å²) in [6.07, 6.45) is 1.39. The van der Waals surface area contributed by atoms with Crippen LogP contribution in [-0.4, -0.2) is 17.8 Å². The molecule has 1 heterocycles. The van der Waals surface area contributed by atoms with E-state index in [9.17, 15) is 18.8 Å². The summed E-state index contributed by atoms with van der Waals surface area (Å²) in [4.78, 5) is 39.3. The summed E-state index contributed by atoms with van der Waals surface area (Å²) in [5.74, 6) is -0.904. The van der Waals surface area contributed by atoms with Gasteiger partial charge in [0.1, 0.15) is 36.1 Å². The predicted molar refractivity (Wildman–Crippen MR) is 148 cm³/mol. The zero-order valence-electron chi connectivity index (χ0n) is 21.0. The Morgan fingerprint density at radius 3 is 2.27 bits per heavy atom. The van der Waals surface area contributed by atoms with Crippen molar-refractivity contribution in [2.45, 2.75) is 13.2 Å². The van der Waals surface area contributed by atoms with Crippen molar-refractivity contribution in [2.24, 2.45) is 0 Å². The van der Waals surface area contributed by atoms with E-state index in [1.54, 1.807) is 66.7 Å². The third-order valence-corrected chi connectivity index (χ3v) is 6.41. The number of halogens is 2. The molecule has 4 amide bonds. The van der Waals surface area contributed by atoms with E-state index < -0.39 is 17.8 Å². The number of nitrogens with zero attached hydrogens (tertiary/aromatic N) is 1. The summed E-state index contributed by atoms with van der Waals surface area (Å²) >= 11 is 6.17. The van der Waals surface area contributed by atoms with Crippen molar-refractivity contribution in [1.29, 1.82) is 0 Å². The number of carbonyl (C=O) groups is 3. The van der Waals surface area contributed by atoms with Crippen LogP contribution in [0.2, 0.25) is 5.02 Å². The van der Waals surface area contributed by atoms with Crippen molar-refractivity contribution < 1.29 is 28.2 Å². The number of hydrogen-bond acceptors (Lipinski definition) is 5. The minimum atomic E-state index is -0.853. The first-order chi connectivity index (χ1) is 19.4. The van der Waals surface area contributed by atoms with Gasteiger partial charge in [-0.15, -0.1) is 0 Å². The molecular formula is C31H22ClFN2O5. The summed E-state index contributed by atoms with van der Waals surface area (Å²) in [5, 5.41) is 2.80. The van der Waals surface area contributed by atoms with Crippen LogP contribution in [0.15, 0.2) is 103 Å². The fourth-order valence-corrected chi connectivity index (χ4v) is 4.16. The highest BCUT2D eigenvalue weighted by Crippen LogP contribution is 2.26. The highest BCUT2D eigenvalue weighted by Gasteiger charge is 2.36. The predicted octanol–water partition coefficient (Wildman–Crippen LogP) is 6.30. The van der Waals surface area contributed by atoms with Crippen molar-refractivity contribution in [3.63, 3.8) is 0 Å². The Hall–Kier alpha value is -4.95. The molecule has 1 aliphatic heterocycles. The van der Waals surface area contributed by atoms with Crippen LogP contribution in [0.25, 0.3) is 6.08 Å². The molecule has 0 radical (unpaired) electrons. The molecule has 1 N–H and O–H groups in total. The van der Waals surface area contributed by atoms with Gasteiger partial charge in [0, 0.05) is 10.6 Å². The quantitative estimate of drug-likeness (QED) is 0.203. The molecule has 200 valence electrons. The van der Waals surface area contributed by atoms with Crippen molar-refractivity contribution in [3.8, 4) is 11.5 Å². The zero-order chi connectivity index (χ0) is 28.1. The van der Waals surface area contributed by atoms with E-state index >= 15 is 0 Å². The van der Waals surface area contributed by atoms with Crippen LogP contribution in [0.4, 0.5) is 14.9 Å². The van der Waals surface area contributed by atoms with E-state index in [-0.39, 0.29) is 30.3 Å². The lowest BCUT2D eigenvalue weighted by molar-refractivity contribution is -0.122. The van der Waals surface area contributed by atoms with Gasteiger partial charge in [-0.05, 0) is 71.8 Å². The molecule has 0 aliphatic carbocycles. The summed E-state index contributed by atoms with van der Waals surface area (Å²) in [6, 6.07) is 25.5. The highest BCUT2D eigenvalue weighted by atomic mass is 35.5. The Bertz CT molecular complexity index is 1600. The molecular weight excluding hydrogens is 535 g/mol. The molecule has 0 atom stereocenters. The van der Waals surface area contributed by atoms with Crippen LogP contribution < -0.4 is 19.7 Å². The first-order valence-electron chi connectivity index (χ1n) is 12.2. The zero-order valence-corrected chi connectivity index (χ0v) is 21.7. The standard InChI is InChI=1S/C31H22ClFN2O5/c32-28-7-2-1-5-22(28)19-40-25-14-12-24(13-15-25)35-30(37)27(29(36)34-31(35)38)17-21-4-3-6-26(16-21)39-18-20-8-10-23(33)11-9-20/h1-17H,18-19H2,(H,34,36,38)/b27-17-. The fraction of sp³-hybridized carbons (Fsp3) is 0.0645. The second-order valence-corrected chi connectivity index (χ2v) is 9.23. The first-order valence-corrected chi connectivity index (χ1v) is 12.6. The number of hydrogen-bond donors (Lipinski definition) is 1. The first kappa shape index (κ1) is 26.6. The monoisotopic (exact) mass is 556 g/mol. The molecule has 4 aromatic rings. The van der Waals surface area contributed by atoms with E-state index in [2.05, 4.69) is 5.32 Å². The number of nitrogens with one attached hydrogen (secondary N) is 1. The van der Waals surface area contributed by atoms with Gasteiger partial charge >= 0.3 is 6.03 Å². The van der Waals surface area contributed by atoms with E-state index in [0.29, 0.717) is 22.1 Å². The normalized spacial score (nSPS) is 14.3. The van der Waals surface area contributed by atoms with Gasteiger partial charge in [-0.2, -0.15) is 0 Å². The Labute approximate surface area is 234 Å². The molecule has 0 unspecified atom stereocenters. The highest BCUT2D eigenvalue weighted by molar-refractivity contribution is 6.39. The lowest BCUT2D eigenvalue weighted by atomic mass is 10.1. The molecule has 0 saturated carbocycles. The van der Waals surface area contributed by atoms with Crippen molar-refractivity contribution in [2.75, 3.05) is 4.90 Å². The Morgan fingerprint density at radius 2 is 1.52 bits per heavy atom. The molecule has 0 bridgehead atoms. The molecule has 1 aliphatic rings. The van der Waals surface area contributed by atoms with Gasteiger partial charge in [-0.25, -0.2) is 14.1 Å². The molecule has 40 heavy (non-hydrogen) atoms. The third kappa shape index (κ3) is 6.19. The molecule has 1 saturated heterocycles. The van der Waals surface area contributed by atoms with Crippen LogP contribution in [0.5, 0.6) is 11.5 Å². The smallest absolute Gasteiger partial charge is 0.335 e. The van der Waals surface area contributed by atoms with Gasteiger partial charge in [-0.3, -0.25) is 14.9 Å². The molecule has 5 rings (SSSR count). The number of ether oxygens (including phenoxy) is 2.